The van der Waals surface area contributed by atoms with Gasteiger partial charge >= 0.3 is 0 Å². The van der Waals surface area contributed by atoms with E-state index in [0.717, 1.165) is 49.1 Å². The fourth-order valence-electron chi connectivity index (χ4n) is 5.31. The molecule has 0 unspecified atom stereocenters. The summed E-state index contributed by atoms with van der Waals surface area (Å²) in [5.74, 6) is 0. The van der Waals surface area contributed by atoms with Gasteiger partial charge in [-0.25, -0.2) is 0 Å². The predicted molar refractivity (Wildman–Crippen MR) is 112 cm³/mol. The smallest absolute Gasteiger partial charge is 0.0834 e. The number of aromatic nitrogens is 1. The van der Waals surface area contributed by atoms with E-state index in [0.29, 0.717) is 0 Å². The molecule has 1 saturated heterocycles. The van der Waals surface area contributed by atoms with Gasteiger partial charge in [0.2, 0.25) is 0 Å². The monoisotopic (exact) mass is 373 g/mol. The van der Waals surface area contributed by atoms with Gasteiger partial charge in [0.25, 0.3) is 0 Å². The van der Waals surface area contributed by atoms with Gasteiger partial charge in [0, 0.05) is 17.3 Å². The SMILES string of the molecule is CN(Cc1ccc2ccccc2n1)[C@@H]1c2ccccc2C2(CCNCC2)[C@H]1O. The van der Waals surface area contributed by atoms with E-state index in [1.165, 1.54) is 11.1 Å². The van der Waals surface area contributed by atoms with Gasteiger partial charge in [0.15, 0.2) is 0 Å². The number of aliphatic hydroxyl groups excluding tert-OH is 1. The normalized spacial score (nSPS) is 23.4. The summed E-state index contributed by atoms with van der Waals surface area (Å²) in [5.41, 5.74) is 4.55. The van der Waals surface area contributed by atoms with Crippen LogP contribution in [0.3, 0.4) is 0 Å². The highest BCUT2D eigenvalue weighted by molar-refractivity contribution is 5.78. The average molecular weight is 374 g/mol. The molecule has 5 rings (SSSR count). The number of piperidine rings is 1. The summed E-state index contributed by atoms with van der Waals surface area (Å²) in [4.78, 5) is 7.11. The zero-order valence-corrected chi connectivity index (χ0v) is 16.3. The van der Waals surface area contributed by atoms with Gasteiger partial charge < -0.3 is 10.4 Å². The summed E-state index contributed by atoms with van der Waals surface area (Å²) in [6, 6.07) is 21.1. The molecule has 1 aromatic heterocycles. The Morgan fingerprint density at radius 2 is 1.79 bits per heavy atom. The van der Waals surface area contributed by atoms with Gasteiger partial charge in [-0.15, -0.1) is 0 Å². The minimum atomic E-state index is -0.391. The maximum absolute atomic E-state index is 11.5. The highest BCUT2D eigenvalue weighted by Gasteiger charge is 2.52. The Hall–Kier alpha value is -2.27. The largest absolute Gasteiger partial charge is 0.390 e. The van der Waals surface area contributed by atoms with Crippen LogP contribution in [-0.2, 0) is 12.0 Å². The molecular formula is C24H27N3O. The van der Waals surface area contributed by atoms with Crippen molar-refractivity contribution < 1.29 is 5.11 Å². The van der Waals surface area contributed by atoms with E-state index < -0.39 is 6.10 Å². The van der Waals surface area contributed by atoms with Gasteiger partial charge in [-0.2, -0.15) is 0 Å². The molecule has 0 amide bonds. The van der Waals surface area contributed by atoms with E-state index in [4.69, 9.17) is 4.98 Å². The number of benzene rings is 2. The number of nitrogens with zero attached hydrogens (tertiary/aromatic N) is 2. The van der Waals surface area contributed by atoms with Crippen LogP contribution in [0.5, 0.6) is 0 Å². The first kappa shape index (κ1) is 17.8. The number of pyridine rings is 1. The van der Waals surface area contributed by atoms with Crippen molar-refractivity contribution in [3.63, 3.8) is 0 Å². The van der Waals surface area contributed by atoms with Crippen LogP contribution in [0.15, 0.2) is 60.7 Å². The third kappa shape index (κ3) is 2.75. The first-order valence-electron chi connectivity index (χ1n) is 10.2. The molecule has 1 spiro atoms. The molecule has 2 aromatic carbocycles. The molecule has 0 saturated carbocycles. The predicted octanol–water partition coefficient (Wildman–Crippen LogP) is 3.40. The highest BCUT2D eigenvalue weighted by Crippen LogP contribution is 2.51. The standard InChI is InChI=1S/C24H27N3O/c1-27(16-18-11-10-17-6-2-5-9-21(17)26-18)22-19-7-3-4-8-20(19)24(23(22)28)12-14-25-15-13-24/h2-11,22-23,25,28H,12-16H2,1H3/t22-,23+/m1/s1. The molecule has 0 radical (unpaired) electrons. The third-order valence-corrected chi connectivity index (χ3v) is 6.72. The Kier molecular flexibility index (Phi) is 4.43. The number of para-hydroxylation sites is 1. The molecule has 1 aliphatic heterocycles. The maximum Gasteiger partial charge on any atom is 0.0834 e. The number of aliphatic hydroxyl groups is 1. The lowest BCUT2D eigenvalue weighted by atomic mass is 9.72. The zero-order valence-electron chi connectivity index (χ0n) is 16.3. The minimum absolute atomic E-state index is 0.00238. The lowest BCUT2D eigenvalue weighted by molar-refractivity contribution is 0.00390. The molecule has 1 fully saturated rings. The fourth-order valence-corrected chi connectivity index (χ4v) is 5.31. The second kappa shape index (κ2) is 6.96. The summed E-state index contributed by atoms with van der Waals surface area (Å²) in [5, 5.41) is 16.1. The molecule has 28 heavy (non-hydrogen) atoms. The number of hydrogen-bond donors (Lipinski definition) is 2. The van der Waals surface area contributed by atoms with Crippen molar-refractivity contribution in [2.75, 3.05) is 20.1 Å². The van der Waals surface area contributed by atoms with Crippen LogP contribution in [0.4, 0.5) is 0 Å². The van der Waals surface area contributed by atoms with Crippen molar-refractivity contribution in [1.29, 1.82) is 0 Å². The van der Waals surface area contributed by atoms with E-state index in [1.54, 1.807) is 0 Å². The highest BCUT2D eigenvalue weighted by atomic mass is 16.3. The quantitative estimate of drug-likeness (QED) is 0.739. The summed E-state index contributed by atoms with van der Waals surface area (Å²) in [6.07, 6.45) is 1.59. The molecule has 4 nitrogen and oxygen atoms in total. The lowest BCUT2D eigenvalue weighted by Gasteiger charge is -2.40. The Bertz CT molecular complexity index is 996. The Morgan fingerprint density at radius 3 is 2.64 bits per heavy atom. The van der Waals surface area contributed by atoms with Crippen LogP contribution in [0.25, 0.3) is 10.9 Å². The van der Waals surface area contributed by atoms with Gasteiger partial charge in [-0.3, -0.25) is 9.88 Å². The number of likely N-dealkylation sites (N-methyl/N-ethyl adjacent to an activating group) is 1. The maximum atomic E-state index is 11.5. The molecule has 3 aromatic rings. The van der Waals surface area contributed by atoms with E-state index in [-0.39, 0.29) is 11.5 Å². The number of rotatable bonds is 3. The van der Waals surface area contributed by atoms with Crippen LogP contribution in [-0.4, -0.2) is 41.2 Å². The molecule has 2 atom stereocenters. The lowest BCUT2D eigenvalue weighted by Crippen LogP contribution is -2.48. The summed E-state index contributed by atoms with van der Waals surface area (Å²) in [7, 11) is 2.11. The third-order valence-electron chi connectivity index (χ3n) is 6.72. The van der Waals surface area contributed by atoms with Crippen molar-refractivity contribution in [3.8, 4) is 0 Å². The van der Waals surface area contributed by atoms with E-state index in [1.807, 2.05) is 12.1 Å². The van der Waals surface area contributed by atoms with E-state index >= 15 is 0 Å². The van der Waals surface area contributed by atoms with E-state index in [9.17, 15) is 5.11 Å². The molecule has 144 valence electrons. The second-order valence-electron chi connectivity index (χ2n) is 8.29. The Morgan fingerprint density at radius 1 is 1.04 bits per heavy atom. The molecule has 2 aliphatic rings. The molecule has 4 heteroatoms. The van der Waals surface area contributed by atoms with Gasteiger partial charge in [0.1, 0.15) is 0 Å². The van der Waals surface area contributed by atoms with Crippen LogP contribution >= 0.6 is 0 Å². The van der Waals surface area contributed by atoms with Crippen molar-refractivity contribution in [2.24, 2.45) is 0 Å². The summed E-state index contributed by atoms with van der Waals surface area (Å²) in [6.45, 7) is 2.65. The second-order valence-corrected chi connectivity index (χ2v) is 8.29. The van der Waals surface area contributed by atoms with Gasteiger partial charge in [-0.1, -0.05) is 48.5 Å². The summed E-state index contributed by atoms with van der Waals surface area (Å²) >= 11 is 0. The number of fused-ring (bicyclic) bond motifs is 3. The topological polar surface area (TPSA) is 48.4 Å². The van der Waals surface area contributed by atoms with Gasteiger partial charge in [-0.05, 0) is 56.2 Å². The van der Waals surface area contributed by atoms with Crippen molar-refractivity contribution in [2.45, 2.75) is 36.9 Å². The minimum Gasteiger partial charge on any atom is -0.390 e. The average Bonchev–Trinajstić information content (AvgIpc) is 2.97. The van der Waals surface area contributed by atoms with Crippen molar-refractivity contribution in [1.82, 2.24) is 15.2 Å². The summed E-state index contributed by atoms with van der Waals surface area (Å²) < 4.78 is 0. The molecule has 1 aliphatic carbocycles. The molecule has 0 bridgehead atoms. The fraction of sp³-hybridized carbons (Fsp3) is 0.375. The Balaban J connectivity index is 1.47. The van der Waals surface area contributed by atoms with Crippen molar-refractivity contribution in [3.05, 3.63) is 77.5 Å². The first-order chi connectivity index (χ1) is 13.7. The molecular weight excluding hydrogens is 346 g/mol. The van der Waals surface area contributed by atoms with Gasteiger partial charge in [0.05, 0.1) is 23.4 Å². The zero-order chi connectivity index (χ0) is 19.1. The van der Waals surface area contributed by atoms with Crippen LogP contribution < -0.4 is 5.32 Å². The number of nitrogens with one attached hydrogen (secondary N) is 1. The van der Waals surface area contributed by atoms with Crippen molar-refractivity contribution >= 4 is 10.9 Å². The van der Waals surface area contributed by atoms with Crippen LogP contribution in [0.2, 0.25) is 0 Å². The number of hydrogen-bond acceptors (Lipinski definition) is 4. The van der Waals surface area contributed by atoms with E-state index in [2.05, 4.69) is 65.8 Å². The molecule has 2 heterocycles. The van der Waals surface area contributed by atoms with Crippen LogP contribution in [0, 0.1) is 0 Å². The molecule has 2 N–H and O–H groups in total. The Labute approximate surface area is 166 Å². The van der Waals surface area contributed by atoms with Crippen LogP contribution in [0.1, 0.15) is 35.7 Å². The first-order valence-corrected chi connectivity index (χ1v) is 10.2.